The van der Waals surface area contributed by atoms with Gasteiger partial charge in [-0.25, -0.2) is 22.3 Å². The monoisotopic (exact) mass is 600 g/mol. The van der Waals surface area contributed by atoms with Crippen molar-refractivity contribution in [3.63, 3.8) is 0 Å². The van der Waals surface area contributed by atoms with Crippen LogP contribution in [-0.4, -0.2) is 53.1 Å². The first-order valence-electron chi connectivity index (χ1n) is 12.7. The third kappa shape index (κ3) is 4.57. The van der Waals surface area contributed by atoms with Crippen molar-refractivity contribution in [1.82, 2.24) is 10.0 Å². The number of nitrogens with one attached hydrogen (secondary N) is 2. The molecule has 0 bridgehead atoms. The van der Waals surface area contributed by atoms with Crippen LogP contribution in [0, 0.1) is 17.7 Å². The van der Waals surface area contributed by atoms with Crippen LogP contribution in [0.4, 0.5) is 9.18 Å². The molecule has 0 radical (unpaired) electrons. The molecule has 6 rings (SSSR count). The lowest BCUT2D eigenvalue weighted by atomic mass is 9.65. The van der Waals surface area contributed by atoms with Gasteiger partial charge in [0, 0.05) is 11.8 Å². The zero-order chi connectivity index (χ0) is 29.8. The van der Waals surface area contributed by atoms with Crippen molar-refractivity contribution in [3.8, 4) is 28.7 Å². The number of urea groups is 1. The summed E-state index contributed by atoms with van der Waals surface area (Å²) >= 11 is 0. The molecule has 220 valence electrons. The van der Waals surface area contributed by atoms with Gasteiger partial charge in [-0.2, -0.15) is 0 Å². The summed E-state index contributed by atoms with van der Waals surface area (Å²) in [6.07, 6.45) is 0. The molecule has 12 nitrogen and oxygen atoms in total. The lowest BCUT2D eigenvalue weighted by molar-refractivity contribution is -0.141. The summed E-state index contributed by atoms with van der Waals surface area (Å²) in [7, 11) is -1.57. The minimum absolute atomic E-state index is 0.0346. The van der Waals surface area contributed by atoms with Gasteiger partial charge in [0.2, 0.25) is 12.5 Å². The molecule has 0 aromatic heterocycles. The Morgan fingerprint density at radius 2 is 1.60 bits per heavy atom. The van der Waals surface area contributed by atoms with Crippen molar-refractivity contribution < 1.29 is 51.2 Å². The summed E-state index contributed by atoms with van der Waals surface area (Å²) < 4.78 is 68.2. The molecule has 14 heteroatoms. The van der Waals surface area contributed by atoms with Gasteiger partial charge >= 0.3 is 12.0 Å². The van der Waals surface area contributed by atoms with E-state index in [0.29, 0.717) is 28.2 Å². The number of halogens is 1. The molecular formula is C28H25FN2O10S. The van der Waals surface area contributed by atoms with Crippen LogP contribution < -0.4 is 29.0 Å². The number of phenols is 1. The number of cyclic esters (lactones) is 1. The molecule has 2 aliphatic heterocycles. The van der Waals surface area contributed by atoms with Gasteiger partial charge < -0.3 is 34.1 Å². The molecule has 2 heterocycles. The van der Waals surface area contributed by atoms with Crippen molar-refractivity contribution in [2.45, 2.75) is 16.9 Å². The van der Waals surface area contributed by atoms with E-state index >= 15 is 0 Å². The van der Waals surface area contributed by atoms with Gasteiger partial charge in [-0.15, -0.1) is 0 Å². The maximum absolute atomic E-state index is 13.3. The highest BCUT2D eigenvalue weighted by Gasteiger charge is 2.53. The van der Waals surface area contributed by atoms with Gasteiger partial charge in [0.05, 0.1) is 37.7 Å². The molecule has 42 heavy (non-hydrogen) atoms. The fourth-order valence-electron chi connectivity index (χ4n) is 5.81. The fraction of sp³-hybridized carbons (Fsp3) is 0.286. The number of aromatic hydroxyl groups is 1. The van der Waals surface area contributed by atoms with Crippen LogP contribution in [0.1, 0.15) is 28.7 Å². The summed E-state index contributed by atoms with van der Waals surface area (Å²) in [5.41, 5.74) is 1.70. The molecule has 1 aliphatic carbocycles. The summed E-state index contributed by atoms with van der Waals surface area (Å²) in [6.45, 7) is -0.0942. The van der Waals surface area contributed by atoms with Gasteiger partial charge in [-0.3, -0.25) is 4.79 Å². The molecule has 3 N–H and O–H groups in total. The maximum atomic E-state index is 13.3. The first kappa shape index (κ1) is 27.4. The largest absolute Gasteiger partial charge is 0.502 e. The average Bonchev–Trinajstić information content (AvgIpc) is 3.58. The Balaban J connectivity index is 1.43. The topological polar surface area (TPSA) is 159 Å². The number of hydrogen-bond acceptors (Lipinski definition) is 10. The lowest BCUT2D eigenvalue weighted by Gasteiger charge is -2.39. The number of esters is 1. The molecule has 4 atom stereocenters. The predicted molar refractivity (Wildman–Crippen MR) is 142 cm³/mol. The van der Waals surface area contributed by atoms with Crippen LogP contribution in [-0.2, 0) is 19.6 Å². The van der Waals surface area contributed by atoms with E-state index in [-0.39, 0.29) is 35.5 Å². The molecule has 2 amide bonds. The number of rotatable bonds is 6. The predicted octanol–water partition coefficient (Wildman–Crippen LogP) is 2.94. The van der Waals surface area contributed by atoms with Crippen molar-refractivity contribution in [1.29, 1.82) is 0 Å². The molecule has 1 saturated heterocycles. The van der Waals surface area contributed by atoms with E-state index in [1.165, 1.54) is 14.2 Å². The third-order valence-electron chi connectivity index (χ3n) is 7.69. The van der Waals surface area contributed by atoms with Crippen molar-refractivity contribution in [2.75, 3.05) is 27.6 Å². The van der Waals surface area contributed by atoms with Crippen LogP contribution in [0.5, 0.6) is 28.7 Å². The molecule has 0 unspecified atom stereocenters. The molecule has 3 aromatic rings. The standard InChI is InChI=1S/C28H25FN2O10S/c1-37-21-7-13(8-22(38-2)26(21)32)23-16-9-19-20(41-12-40-19)10-17(16)25(18-11-39-27(33)24(18)23)30-28(34)31-42(35,36)15-5-3-14(29)4-6-15/h3-10,18,23-25,32H,11-12H2,1-2H3,(H2,30,31,34)/t18-,23+,24-,25+/m0/s1. The second-order valence-corrected chi connectivity index (χ2v) is 11.6. The van der Waals surface area contributed by atoms with Crippen molar-refractivity contribution in [3.05, 3.63) is 71.0 Å². The Bertz CT molecular complexity index is 1670. The number of carbonyl (C=O) groups excluding carboxylic acids is 2. The molecule has 3 aliphatic rings. The lowest BCUT2D eigenvalue weighted by Crippen LogP contribution is -2.47. The fourth-order valence-corrected chi connectivity index (χ4v) is 6.72. The second-order valence-electron chi connectivity index (χ2n) is 9.92. The number of hydrogen-bond donors (Lipinski definition) is 3. The van der Waals surface area contributed by atoms with Gasteiger partial charge in [-0.05, 0) is 65.2 Å². The number of fused-ring (bicyclic) bond motifs is 3. The van der Waals surface area contributed by atoms with Crippen molar-refractivity contribution >= 4 is 22.0 Å². The van der Waals surface area contributed by atoms with Crippen LogP contribution in [0.15, 0.2) is 53.4 Å². The highest BCUT2D eigenvalue weighted by molar-refractivity contribution is 7.90. The number of benzene rings is 3. The molecule has 1 fully saturated rings. The minimum atomic E-state index is -4.34. The van der Waals surface area contributed by atoms with Crippen LogP contribution in [0.3, 0.4) is 0 Å². The number of amides is 2. The first-order valence-corrected chi connectivity index (χ1v) is 14.2. The normalized spacial score (nSPS) is 22.0. The van der Waals surface area contributed by atoms with Gasteiger partial charge in [0.15, 0.2) is 23.0 Å². The van der Waals surface area contributed by atoms with E-state index in [4.69, 9.17) is 23.7 Å². The minimum Gasteiger partial charge on any atom is -0.502 e. The molecule has 0 saturated carbocycles. The zero-order valence-electron chi connectivity index (χ0n) is 22.3. The van der Waals surface area contributed by atoms with Gasteiger partial charge in [0.25, 0.3) is 10.0 Å². The van der Waals surface area contributed by atoms with Gasteiger partial charge in [0.1, 0.15) is 5.82 Å². The van der Waals surface area contributed by atoms with Crippen LogP contribution >= 0.6 is 0 Å². The Labute approximate surface area is 239 Å². The summed E-state index contributed by atoms with van der Waals surface area (Å²) in [6, 6.07) is 8.62. The van der Waals surface area contributed by atoms with Crippen LogP contribution in [0.2, 0.25) is 0 Å². The zero-order valence-corrected chi connectivity index (χ0v) is 23.1. The summed E-state index contributed by atoms with van der Waals surface area (Å²) in [5.74, 6) is -2.39. The summed E-state index contributed by atoms with van der Waals surface area (Å²) in [4.78, 5) is 26.1. The van der Waals surface area contributed by atoms with E-state index < -0.39 is 51.6 Å². The maximum Gasteiger partial charge on any atom is 0.329 e. The second kappa shape index (κ2) is 10.3. The molecular weight excluding hydrogens is 575 g/mol. The van der Waals surface area contributed by atoms with E-state index in [9.17, 15) is 27.5 Å². The highest BCUT2D eigenvalue weighted by atomic mass is 32.2. The Morgan fingerprint density at radius 1 is 0.976 bits per heavy atom. The third-order valence-corrected chi connectivity index (χ3v) is 9.03. The number of ether oxygens (including phenoxy) is 5. The number of sulfonamides is 1. The number of carbonyl (C=O) groups is 2. The molecule has 0 spiro atoms. The van der Waals surface area contributed by atoms with Crippen LogP contribution in [0.25, 0.3) is 0 Å². The Kier molecular flexibility index (Phi) is 6.72. The number of phenolic OH excluding ortho intramolecular Hbond substituents is 1. The quantitative estimate of drug-likeness (QED) is 0.359. The summed E-state index contributed by atoms with van der Waals surface area (Å²) in [5, 5.41) is 13.2. The van der Waals surface area contributed by atoms with E-state index in [1.54, 1.807) is 24.3 Å². The Hall–Kier alpha value is -4.72. The smallest absolute Gasteiger partial charge is 0.329 e. The SMILES string of the molecule is COc1cc([C@@H]2c3cc4c(cc3[C@@H](NC(=O)NS(=O)(=O)c3ccc(F)cc3)[C@H]3COC(=O)[C@H]23)OCO4)cc(OC)c1O. The average molecular weight is 601 g/mol. The van der Waals surface area contributed by atoms with E-state index in [1.807, 2.05) is 4.72 Å². The highest BCUT2D eigenvalue weighted by Crippen LogP contribution is 2.55. The van der Waals surface area contributed by atoms with Gasteiger partial charge in [-0.1, -0.05) is 0 Å². The van der Waals surface area contributed by atoms with E-state index in [2.05, 4.69) is 5.32 Å². The number of methoxy groups -OCH3 is 2. The molecule has 3 aromatic carbocycles. The first-order chi connectivity index (χ1) is 20.1. The van der Waals surface area contributed by atoms with Crippen molar-refractivity contribution in [2.24, 2.45) is 11.8 Å². The van der Waals surface area contributed by atoms with E-state index in [0.717, 1.165) is 24.3 Å². The Morgan fingerprint density at radius 3 is 2.21 bits per heavy atom.